The smallest absolute Gasteiger partial charge is 0.323 e. The number of carboxylic acid groups (broad SMARTS) is 1. The largest absolute Gasteiger partial charge is 0.480 e. The van der Waals surface area contributed by atoms with Gasteiger partial charge in [0.15, 0.2) is 0 Å². The van der Waals surface area contributed by atoms with E-state index in [-0.39, 0.29) is 25.4 Å². The monoisotopic (exact) mass is 344 g/mol. The van der Waals surface area contributed by atoms with Gasteiger partial charge in [0.1, 0.15) is 12.4 Å². The molecular weight excluding hydrogens is 327 g/mol. The zero-order chi connectivity index (χ0) is 17.0. The lowest BCUT2D eigenvalue weighted by Gasteiger charge is -2.23. The van der Waals surface area contributed by atoms with Gasteiger partial charge in [-0.3, -0.25) is 9.59 Å². The Labute approximate surface area is 133 Å². The summed E-state index contributed by atoms with van der Waals surface area (Å²) in [5.74, 6) is -2.24. The predicted octanol–water partition coefficient (Wildman–Crippen LogP) is 0.274. The molecule has 0 bridgehead atoms. The van der Waals surface area contributed by atoms with Gasteiger partial charge in [-0.25, -0.2) is 12.8 Å². The first-order valence-corrected chi connectivity index (χ1v) is 8.61. The van der Waals surface area contributed by atoms with Gasteiger partial charge in [0.05, 0.1) is 12.3 Å². The number of amides is 1. The number of benzene rings is 1. The Balaban J connectivity index is 2.09. The summed E-state index contributed by atoms with van der Waals surface area (Å²) in [5, 5.41) is 8.93. The van der Waals surface area contributed by atoms with Gasteiger partial charge in [-0.2, -0.15) is 4.31 Å². The van der Waals surface area contributed by atoms with Crippen LogP contribution in [0, 0.1) is 5.82 Å². The van der Waals surface area contributed by atoms with Crippen LogP contribution in [-0.4, -0.2) is 60.0 Å². The van der Waals surface area contributed by atoms with Crippen molar-refractivity contribution in [3.8, 4) is 0 Å². The molecule has 0 aliphatic carbocycles. The Morgan fingerprint density at radius 1 is 1.26 bits per heavy atom. The second kappa shape index (κ2) is 7.05. The Morgan fingerprint density at radius 2 is 1.91 bits per heavy atom. The normalized spacial score (nSPS) is 17.1. The van der Waals surface area contributed by atoms with E-state index >= 15 is 0 Å². The van der Waals surface area contributed by atoms with Crippen molar-refractivity contribution in [3.05, 3.63) is 35.6 Å². The van der Waals surface area contributed by atoms with Crippen molar-refractivity contribution in [3.63, 3.8) is 0 Å². The number of aliphatic carboxylic acids is 1. The molecule has 1 aromatic rings. The number of rotatable bonds is 6. The molecule has 7 nitrogen and oxygen atoms in total. The first kappa shape index (κ1) is 17.4. The molecule has 1 aliphatic heterocycles. The SMILES string of the molecule is O=C(O)CN(Cc1ccc(F)cc1)C(=O)CN1CCCS1(=O)=O. The van der Waals surface area contributed by atoms with Gasteiger partial charge in [-0.15, -0.1) is 0 Å². The lowest BCUT2D eigenvalue weighted by molar-refractivity contribution is -0.144. The molecule has 9 heteroatoms. The molecule has 1 amide bonds. The van der Waals surface area contributed by atoms with Crippen molar-refractivity contribution in [2.24, 2.45) is 0 Å². The molecule has 126 valence electrons. The Bertz CT molecular complexity index is 690. The average Bonchev–Trinajstić information content (AvgIpc) is 2.79. The summed E-state index contributed by atoms with van der Waals surface area (Å²) >= 11 is 0. The molecule has 0 unspecified atom stereocenters. The van der Waals surface area contributed by atoms with Crippen LogP contribution in [0.4, 0.5) is 4.39 Å². The maximum absolute atomic E-state index is 12.9. The first-order valence-electron chi connectivity index (χ1n) is 7.00. The molecule has 2 rings (SSSR count). The first-order chi connectivity index (χ1) is 10.8. The quantitative estimate of drug-likeness (QED) is 0.799. The summed E-state index contributed by atoms with van der Waals surface area (Å²) in [6, 6.07) is 5.32. The lowest BCUT2D eigenvalue weighted by Crippen LogP contribution is -2.42. The van der Waals surface area contributed by atoms with Crippen molar-refractivity contribution >= 4 is 21.9 Å². The number of nitrogens with zero attached hydrogens (tertiary/aromatic N) is 2. The maximum atomic E-state index is 12.9. The van der Waals surface area contributed by atoms with Crippen LogP contribution in [0.15, 0.2) is 24.3 Å². The molecule has 1 aromatic carbocycles. The van der Waals surface area contributed by atoms with Crippen LogP contribution in [0.5, 0.6) is 0 Å². The summed E-state index contributed by atoms with van der Waals surface area (Å²) in [7, 11) is -3.43. The zero-order valence-corrected chi connectivity index (χ0v) is 13.1. The second-order valence-electron chi connectivity index (χ2n) is 5.27. The third-order valence-corrected chi connectivity index (χ3v) is 5.38. The highest BCUT2D eigenvalue weighted by molar-refractivity contribution is 7.89. The number of hydrogen-bond donors (Lipinski definition) is 1. The lowest BCUT2D eigenvalue weighted by atomic mass is 10.2. The number of carbonyl (C=O) groups is 2. The molecule has 0 radical (unpaired) electrons. The van der Waals surface area contributed by atoms with Crippen LogP contribution in [0.25, 0.3) is 0 Å². The average molecular weight is 344 g/mol. The van der Waals surface area contributed by atoms with Crippen molar-refractivity contribution in [1.29, 1.82) is 0 Å². The summed E-state index contributed by atoms with van der Waals surface area (Å²) in [6.45, 7) is -0.703. The van der Waals surface area contributed by atoms with Gasteiger partial charge >= 0.3 is 5.97 Å². The topological polar surface area (TPSA) is 95.0 Å². The Morgan fingerprint density at radius 3 is 2.43 bits per heavy atom. The van der Waals surface area contributed by atoms with Crippen LogP contribution in [0.1, 0.15) is 12.0 Å². The molecule has 23 heavy (non-hydrogen) atoms. The standard InChI is InChI=1S/C14H17FN2O5S/c15-12-4-2-11(3-5-12)8-16(10-14(19)20)13(18)9-17-6-1-7-23(17,21)22/h2-5H,1,6-10H2,(H,19,20). The van der Waals surface area contributed by atoms with E-state index in [1.54, 1.807) is 0 Å². The van der Waals surface area contributed by atoms with E-state index in [0.717, 1.165) is 9.21 Å². The van der Waals surface area contributed by atoms with Crippen LogP contribution >= 0.6 is 0 Å². The fraction of sp³-hybridized carbons (Fsp3) is 0.429. The van der Waals surface area contributed by atoms with Crippen molar-refractivity contribution in [1.82, 2.24) is 9.21 Å². The minimum atomic E-state index is -3.43. The fourth-order valence-corrected chi connectivity index (χ4v) is 3.79. The van der Waals surface area contributed by atoms with Crippen LogP contribution < -0.4 is 0 Å². The number of halogens is 1. The molecule has 1 fully saturated rings. The summed E-state index contributed by atoms with van der Waals surface area (Å²) in [5.41, 5.74) is 0.560. The highest BCUT2D eigenvalue weighted by atomic mass is 32.2. The van der Waals surface area contributed by atoms with E-state index < -0.39 is 34.3 Å². The molecular formula is C14H17FN2O5S. The number of sulfonamides is 1. The Kier molecular flexibility index (Phi) is 5.32. The highest BCUT2D eigenvalue weighted by Crippen LogP contribution is 2.14. The van der Waals surface area contributed by atoms with E-state index in [4.69, 9.17) is 5.11 Å². The molecule has 1 heterocycles. The van der Waals surface area contributed by atoms with E-state index in [1.165, 1.54) is 24.3 Å². The molecule has 0 aromatic heterocycles. The van der Waals surface area contributed by atoms with Crippen LogP contribution in [-0.2, 0) is 26.2 Å². The molecule has 1 N–H and O–H groups in total. The predicted molar refractivity (Wildman–Crippen MR) is 79.4 cm³/mol. The van der Waals surface area contributed by atoms with Gasteiger partial charge in [-0.05, 0) is 24.1 Å². The second-order valence-corrected chi connectivity index (χ2v) is 7.36. The molecule has 1 saturated heterocycles. The van der Waals surface area contributed by atoms with Crippen molar-refractivity contribution < 1.29 is 27.5 Å². The minimum Gasteiger partial charge on any atom is -0.480 e. The van der Waals surface area contributed by atoms with Gasteiger partial charge in [0.25, 0.3) is 0 Å². The molecule has 1 aliphatic rings. The summed E-state index contributed by atoms with van der Waals surface area (Å²) in [4.78, 5) is 24.3. The number of carbonyl (C=O) groups excluding carboxylic acids is 1. The van der Waals surface area contributed by atoms with Crippen LogP contribution in [0.2, 0.25) is 0 Å². The third kappa shape index (κ3) is 4.73. The van der Waals surface area contributed by atoms with Crippen LogP contribution in [0.3, 0.4) is 0 Å². The third-order valence-electron chi connectivity index (χ3n) is 3.48. The molecule has 0 saturated carbocycles. The summed E-state index contributed by atoms with van der Waals surface area (Å²) < 4.78 is 37.4. The minimum absolute atomic E-state index is 0.00280. The van der Waals surface area contributed by atoms with E-state index in [1.807, 2.05) is 0 Å². The molecule has 0 atom stereocenters. The van der Waals surface area contributed by atoms with Gasteiger partial charge in [0.2, 0.25) is 15.9 Å². The van der Waals surface area contributed by atoms with E-state index in [9.17, 15) is 22.4 Å². The van der Waals surface area contributed by atoms with E-state index in [0.29, 0.717) is 12.0 Å². The Hall–Kier alpha value is -2.00. The van der Waals surface area contributed by atoms with Gasteiger partial charge in [-0.1, -0.05) is 12.1 Å². The van der Waals surface area contributed by atoms with Crippen molar-refractivity contribution in [2.45, 2.75) is 13.0 Å². The highest BCUT2D eigenvalue weighted by Gasteiger charge is 2.31. The fourth-order valence-electron chi connectivity index (χ4n) is 2.33. The molecule has 0 spiro atoms. The number of hydrogen-bond acceptors (Lipinski definition) is 4. The van der Waals surface area contributed by atoms with E-state index in [2.05, 4.69) is 0 Å². The zero-order valence-electron chi connectivity index (χ0n) is 12.3. The van der Waals surface area contributed by atoms with Gasteiger partial charge in [0, 0.05) is 13.1 Å². The number of carboxylic acids is 1. The van der Waals surface area contributed by atoms with Crippen molar-refractivity contribution in [2.75, 3.05) is 25.4 Å². The summed E-state index contributed by atoms with van der Waals surface area (Å²) in [6.07, 6.45) is 0.451. The van der Waals surface area contributed by atoms with Gasteiger partial charge < -0.3 is 10.0 Å². The maximum Gasteiger partial charge on any atom is 0.323 e.